The average Bonchev–Trinajstić information content (AvgIpc) is 2.25. The van der Waals surface area contributed by atoms with E-state index in [1.54, 1.807) is 0 Å². The van der Waals surface area contributed by atoms with E-state index in [0.717, 1.165) is 6.42 Å². The molecule has 4 heteroatoms. The van der Waals surface area contributed by atoms with E-state index in [4.69, 9.17) is 6.42 Å². The topological polar surface area (TPSA) is 37.4 Å². The number of rotatable bonds is 2. The predicted octanol–water partition coefficient (Wildman–Crippen LogP) is 0.0452. The molecule has 0 aromatic carbocycles. The molecule has 11 heavy (non-hydrogen) atoms. The van der Waals surface area contributed by atoms with Gasteiger partial charge in [0.1, 0.15) is 0 Å². The van der Waals surface area contributed by atoms with Gasteiger partial charge in [0, 0.05) is 19.5 Å². The maximum atomic E-state index is 11.1. The molecule has 1 fully saturated rings. The minimum atomic E-state index is -2.92. The van der Waals surface area contributed by atoms with Gasteiger partial charge in [0.2, 0.25) is 10.0 Å². The summed E-state index contributed by atoms with van der Waals surface area (Å²) >= 11 is 0. The molecule has 0 amide bonds. The molecule has 0 unspecified atom stereocenters. The van der Waals surface area contributed by atoms with Crippen molar-refractivity contribution in [1.29, 1.82) is 0 Å². The van der Waals surface area contributed by atoms with Crippen LogP contribution in [0.25, 0.3) is 0 Å². The second kappa shape index (κ2) is 3.24. The zero-order valence-electron chi connectivity index (χ0n) is 6.28. The lowest BCUT2D eigenvalue weighted by atomic mass is 10.4. The van der Waals surface area contributed by atoms with Crippen molar-refractivity contribution >= 4 is 10.0 Å². The van der Waals surface area contributed by atoms with Gasteiger partial charge in [-0.15, -0.1) is 12.3 Å². The summed E-state index contributed by atoms with van der Waals surface area (Å²) in [6.45, 7) is 1.13. The van der Waals surface area contributed by atoms with E-state index in [9.17, 15) is 8.42 Å². The Balaban J connectivity index is 2.54. The largest absolute Gasteiger partial charge is 0.214 e. The first-order valence-corrected chi connectivity index (χ1v) is 5.19. The Kier molecular flexibility index (Phi) is 2.53. The molecule has 0 N–H and O–H groups in total. The van der Waals surface area contributed by atoms with Crippen molar-refractivity contribution in [2.75, 3.05) is 18.8 Å². The van der Waals surface area contributed by atoms with Crippen molar-refractivity contribution in [3.8, 4) is 12.3 Å². The number of sulfonamides is 1. The second-order valence-corrected chi connectivity index (χ2v) is 4.61. The third-order valence-electron chi connectivity index (χ3n) is 1.71. The summed E-state index contributed by atoms with van der Waals surface area (Å²) in [5.41, 5.74) is 0. The van der Waals surface area contributed by atoms with Crippen LogP contribution < -0.4 is 0 Å². The van der Waals surface area contributed by atoms with Gasteiger partial charge < -0.3 is 0 Å². The van der Waals surface area contributed by atoms with Crippen LogP contribution in [-0.4, -0.2) is 31.6 Å². The van der Waals surface area contributed by atoms with Gasteiger partial charge in [0.15, 0.2) is 0 Å². The van der Waals surface area contributed by atoms with Gasteiger partial charge in [-0.2, -0.15) is 0 Å². The lowest BCUT2D eigenvalue weighted by Gasteiger charge is -2.11. The molecule has 1 aliphatic heterocycles. The van der Waals surface area contributed by atoms with Crippen LogP contribution in [0.2, 0.25) is 0 Å². The van der Waals surface area contributed by atoms with Crippen LogP contribution in [0.1, 0.15) is 12.8 Å². The Hall–Kier alpha value is -0.530. The van der Waals surface area contributed by atoms with Gasteiger partial charge in [-0.3, -0.25) is 0 Å². The fraction of sp³-hybridized carbons (Fsp3) is 0.714. The molecule has 0 bridgehead atoms. The highest BCUT2D eigenvalue weighted by atomic mass is 32.2. The molecule has 0 aromatic heterocycles. The normalized spacial score (nSPS) is 23.2. The van der Waals surface area contributed by atoms with Gasteiger partial charge >= 0.3 is 0 Å². The highest BCUT2D eigenvalue weighted by Gasteiger charge is 2.26. The van der Waals surface area contributed by atoms with Crippen molar-refractivity contribution in [1.82, 2.24) is 4.31 Å². The molecule has 0 atom stereocenters. The molecule has 62 valence electrons. The Morgan fingerprint density at radius 1 is 1.55 bits per heavy atom. The first-order chi connectivity index (χ1) is 5.17. The zero-order valence-corrected chi connectivity index (χ0v) is 7.10. The molecule has 1 heterocycles. The van der Waals surface area contributed by atoms with Crippen molar-refractivity contribution in [3.63, 3.8) is 0 Å². The van der Waals surface area contributed by atoms with Gasteiger partial charge in [0.25, 0.3) is 0 Å². The Bertz CT molecular complexity index is 263. The van der Waals surface area contributed by atoms with Crippen molar-refractivity contribution in [2.45, 2.75) is 12.8 Å². The molecular weight excluding hydrogens is 162 g/mol. The van der Waals surface area contributed by atoms with Crippen LogP contribution in [0.4, 0.5) is 0 Å². The van der Waals surface area contributed by atoms with E-state index < -0.39 is 10.0 Å². The fourth-order valence-corrected chi connectivity index (χ4v) is 2.66. The number of hydrogen-bond donors (Lipinski definition) is 0. The van der Waals surface area contributed by atoms with E-state index in [0.29, 0.717) is 19.5 Å². The Morgan fingerprint density at radius 2 is 2.27 bits per heavy atom. The monoisotopic (exact) mass is 173 g/mol. The van der Waals surface area contributed by atoms with Crippen molar-refractivity contribution in [3.05, 3.63) is 0 Å². The quantitative estimate of drug-likeness (QED) is 0.553. The summed E-state index contributed by atoms with van der Waals surface area (Å²) in [5.74, 6) is 2.72. The van der Waals surface area contributed by atoms with E-state index in [1.807, 2.05) is 0 Å². The summed E-state index contributed by atoms with van der Waals surface area (Å²) < 4.78 is 23.7. The molecule has 1 saturated heterocycles. The summed E-state index contributed by atoms with van der Waals surface area (Å²) in [4.78, 5) is 0. The number of hydrogen-bond acceptors (Lipinski definition) is 2. The number of nitrogens with zero attached hydrogens (tertiary/aromatic N) is 1. The minimum absolute atomic E-state index is 0.289. The Labute approximate surface area is 67.4 Å². The first-order valence-electron chi connectivity index (χ1n) is 3.58. The van der Waals surface area contributed by atoms with Crippen LogP contribution in [-0.2, 0) is 10.0 Å². The molecule has 0 spiro atoms. The van der Waals surface area contributed by atoms with Crippen LogP contribution in [0.15, 0.2) is 0 Å². The first kappa shape index (κ1) is 8.57. The molecule has 0 aromatic rings. The maximum absolute atomic E-state index is 11.1. The van der Waals surface area contributed by atoms with E-state index in [1.165, 1.54) is 4.31 Å². The smallest absolute Gasteiger partial charge is 0.212 e. The van der Waals surface area contributed by atoms with E-state index in [-0.39, 0.29) is 5.75 Å². The molecule has 0 aliphatic carbocycles. The summed E-state index contributed by atoms with van der Waals surface area (Å²) in [5, 5.41) is 0. The SMILES string of the molecule is C#CCCN1CCCS1(=O)=O. The van der Waals surface area contributed by atoms with Crippen LogP contribution in [0.5, 0.6) is 0 Å². The Morgan fingerprint density at radius 3 is 2.73 bits per heavy atom. The molecule has 0 radical (unpaired) electrons. The minimum Gasteiger partial charge on any atom is -0.212 e. The third-order valence-corrected chi connectivity index (χ3v) is 3.67. The van der Waals surface area contributed by atoms with Crippen LogP contribution >= 0.6 is 0 Å². The highest BCUT2D eigenvalue weighted by Crippen LogP contribution is 2.12. The molecule has 3 nitrogen and oxygen atoms in total. The standard InChI is InChI=1S/C7H11NO2S/c1-2-3-5-8-6-4-7-11(8,9)10/h1H,3-7H2. The average molecular weight is 173 g/mol. The van der Waals surface area contributed by atoms with Gasteiger partial charge in [-0.1, -0.05) is 0 Å². The van der Waals surface area contributed by atoms with Crippen LogP contribution in [0.3, 0.4) is 0 Å². The predicted molar refractivity (Wildman–Crippen MR) is 43.4 cm³/mol. The molecular formula is C7H11NO2S. The highest BCUT2D eigenvalue weighted by molar-refractivity contribution is 7.89. The van der Waals surface area contributed by atoms with Crippen molar-refractivity contribution < 1.29 is 8.42 Å². The summed E-state index contributed by atoms with van der Waals surface area (Å²) in [6, 6.07) is 0. The van der Waals surface area contributed by atoms with Gasteiger partial charge in [-0.25, -0.2) is 12.7 Å². The maximum Gasteiger partial charge on any atom is 0.214 e. The van der Waals surface area contributed by atoms with Gasteiger partial charge in [0.05, 0.1) is 5.75 Å². The van der Waals surface area contributed by atoms with E-state index in [2.05, 4.69) is 5.92 Å². The fourth-order valence-electron chi connectivity index (χ4n) is 1.13. The van der Waals surface area contributed by atoms with Crippen LogP contribution in [0, 0.1) is 12.3 Å². The van der Waals surface area contributed by atoms with Gasteiger partial charge in [-0.05, 0) is 6.42 Å². The summed E-state index contributed by atoms with van der Waals surface area (Å²) in [6.07, 6.45) is 6.28. The summed E-state index contributed by atoms with van der Waals surface area (Å²) in [7, 11) is -2.92. The molecule has 0 saturated carbocycles. The lowest BCUT2D eigenvalue weighted by molar-refractivity contribution is 0.452. The zero-order chi connectivity index (χ0) is 8.32. The number of terminal acetylenes is 1. The second-order valence-electron chi connectivity index (χ2n) is 2.52. The molecule has 1 rings (SSSR count). The lowest BCUT2D eigenvalue weighted by Crippen LogP contribution is -2.26. The van der Waals surface area contributed by atoms with E-state index >= 15 is 0 Å². The van der Waals surface area contributed by atoms with Crippen molar-refractivity contribution in [2.24, 2.45) is 0 Å². The third kappa shape index (κ3) is 1.95. The molecule has 1 aliphatic rings.